The van der Waals surface area contributed by atoms with Gasteiger partial charge in [-0.3, -0.25) is 24.2 Å². The summed E-state index contributed by atoms with van der Waals surface area (Å²) in [7, 11) is 0. The van der Waals surface area contributed by atoms with E-state index >= 15 is 0 Å². The molecule has 34 heavy (non-hydrogen) atoms. The van der Waals surface area contributed by atoms with Gasteiger partial charge in [-0.1, -0.05) is 37.3 Å². The van der Waals surface area contributed by atoms with Crippen molar-refractivity contribution in [3.05, 3.63) is 60.2 Å². The van der Waals surface area contributed by atoms with E-state index in [-0.39, 0.29) is 36.9 Å². The lowest BCUT2D eigenvalue weighted by Gasteiger charge is -2.32. The largest absolute Gasteiger partial charge is 0.352 e. The van der Waals surface area contributed by atoms with Gasteiger partial charge >= 0.3 is 0 Å². The first-order valence-electron chi connectivity index (χ1n) is 11.9. The summed E-state index contributed by atoms with van der Waals surface area (Å²) in [6.45, 7) is 7.16. The molecule has 1 saturated heterocycles. The number of carbonyl (C=O) groups is 3. The number of carbonyl (C=O) groups excluding carboxylic acids is 3. The van der Waals surface area contributed by atoms with Crippen LogP contribution in [0.4, 0.5) is 11.4 Å². The molecule has 0 unspecified atom stereocenters. The summed E-state index contributed by atoms with van der Waals surface area (Å²) in [6.07, 6.45) is 1.86. The average Bonchev–Trinajstić information content (AvgIpc) is 2.81. The third kappa shape index (κ3) is 8.61. The molecule has 8 nitrogen and oxygen atoms in total. The second-order valence-corrected chi connectivity index (χ2v) is 8.71. The van der Waals surface area contributed by atoms with Gasteiger partial charge in [0.1, 0.15) is 0 Å². The Hall–Kier alpha value is -3.23. The first kappa shape index (κ1) is 25.4. The fourth-order valence-electron chi connectivity index (χ4n) is 4.08. The second kappa shape index (κ2) is 12.9. The highest BCUT2D eigenvalue weighted by molar-refractivity contribution is 5.93. The summed E-state index contributed by atoms with van der Waals surface area (Å²) in [4.78, 5) is 40.4. The Kier molecular flexibility index (Phi) is 9.61. The van der Waals surface area contributed by atoms with Gasteiger partial charge < -0.3 is 16.0 Å². The zero-order chi connectivity index (χ0) is 24.3. The molecule has 2 aromatic carbocycles. The third-order valence-electron chi connectivity index (χ3n) is 5.87. The van der Waals surface area contributed by atoms with E-state index in [0.717, 1.165) is 32.5 Å². The van der Waals surface area contributed by atoms with Gasteiger partial charge in [-0.25, -0.2) is 0 Å². The number of nitrogens with zero attached hydrogens (tertiary/aromatic N) is 2. The summed E-state index contributed by atoms with van der Waals surface area (Å²) in [6, 6.07) is 17.5. The van der Waals surface area contributed by atoms with Crippen LogP contribution in [-0.2, 0) is 20.9 Å². The maximum Gasteiger partial charge on any atom is 0.238 e. The van der Waals surface area contributed by atoms with E-state index in [2.05, 4.69) is 45.1 Å². The zero-order valence-corrected chi connectivity index (χ0v) is 20.0. The van der Waals surface area contributed by atoms with Gasteiger partial charge in [0.25, 0.3) is 0 Å². The van der Waals surface area contributed by atoms with Crippen LogP contribution in [-0.4, -0.2) is 66.3 Å². The summed E-state index contributed by atoms with van der Waals surface area (Å²) in [5.41, 5.74) is 2.62. The molecule has 8 heteroatoms. The van der Waals surface area contributed by atoms with E-state index in [4.69, 9.17) is 0 Å². The summed E-state index contributed by atoms with van der Waals surface area (Å²) < 4.78 is 0. The van der Waals surface area contributed by atoms with Crippen molar-refractivity contribution < 1.29 is 14.4 Å². The summed E-state index contributed by atoms with van der Waals surface area (Å²) in [5, 5.41) is 8.66. The number of likely N-dealkylation sites (tertiary alicyclic amines) is 1. The number of anilines is 2. The second-order valence-electron chi connectivity index (χ2n) is 8.71. The molecule has 0 aliphatic carbocycles. The lowest BCUT2D eigenvalue weighted by molar-refractivity contribution is -0.124. The van der Waals surface area contributed by atoms with E-state index in [9.17, 15) is 14.4 Å². The topological polar surface area (TPSA) is 93.8 Å². The molecule has 3 rings (SSSR count). The lowest BCUT2D eigenvalue weighted by Crippen LogP contribution is -2.48. The van der Waals surface area contributed by atoms with Gasteiger partial charge in [-0.15, -0.1) is 0 Å². The van der Waals surface area contributed by atoms with Crippen molar-refractivity contribution in [3.63, 3.8) is 0 Å². The Balaban J connectivity index is 1.38. The minimum atomic E-state index is -0.184. The number of rotatable bonds is 10. The number of piperidine rings is 1. The van der Waals surface area contributed by atoms with Crippen molar-refractivity contribution in [2.24, 2.45) is 0 Å². The zero-order valence-electron chi connectivity index (χ0n) is 20.0. The Morgan fingerprint density at radius 3 is 2.06 bits per heavy atom. The van der Waals surface area contributed by atoms with E-state index in [1.165, 1.54) is 12.5 Å². The molecule has 0 bridgehead atoms. The molecule has 0 saturated carbocycles. The normalized spacial score (nSPS) is 14.6. The van der Waals surface area contributed by atoms with Crippen molar-refractivity contribution >= 4 is 29.1 Å². The van der Waals surface area contributed by atoms with Crippen LogP contribution in [0.3, 0.4) is 0 Å². The van der Waals surface area contributed by atoms with Crippen LogP contribution in [0.2, 0.25) is 0 Å². The molecular weight excluding hydrogens is 430 g/mol. The van der Waals surface area contributed by atoms with Gasteiger partial charge in [-0.05, 0) is 49.2 Å². The molecule has 0 spiro atoms. The van der Waals surface area contributed by atoms with Gasteiger partial charge in [0.05, 0.1) is 13.1 Å². The van der Waals surface area contributed by atoms with E-state index in [1.807, 2.05) is 17.9 Å². The Bertz CT molecular complexity index is 941. The number of hydrogen-bond donors (Lipinski definition) is 3. The molecule has 3 amide bonds. The first-order chi connectivity index (χ1) is 16.4. The van der Waals surface area contributed by atoms with Crippen LogP contribution in [0.15, 0.2) is 54.6 Å². The van der Waals surface area contributed by atoms with Crippen molar-refractivity contribution in [1.29, 1.82) is 0 Å². The lowest BCUT2D eigenvalue weighted by atomic mass is 10.0. The van der Waals surface area contributed by atoms with Gasteiger partial charge in [0.2, 0.25) is 17.7 Å². The van der Waals surface area contributed by atoms with Crippen LogP contribution in [0.1, 0.15) is 32.3 Å². The molecule has 182 valence electrons. The van der Waals surface area contributed by atoms with E-state index in [0.29, 0.717) is 17.9 Å². The van der Waals surface area contributed by atoms with Gasteiger partial charge in [-0.2, -0.15) is 0 Å². The summed E-state index contributed by atoms with van der Waals surface area (Å²) in [5.74, 6) is -0.377. The van der Waals surface area contributed by atoms with Crippen molar-refractivity contribution in [2.45, 2.75) is 39.3 Å². The van der Waals surface area contributed by atoms with E-state index < -0.39 is 0 Å². The minimum absolute atomic E-state index is 0.0455. The smallest absolute Gasteiger partial charge is 0.238 e. The summed E-state index contributed by atoms with van der Waals surface area (Å²) >= 11 is 0. The SMILES string of the molecule is CCN(CC(=O)Nc1ccc(NC(C)=O)cc1)CC(=O)NC1CCN(Cc2ccccc2)CC1. The van der Waals surface area contributed by atoms with E-state index in [1.54, 1.807) is 24.3 Å². The maximum atomic E-state index is 12.6. The van der Waals surface area contributed by atoms with Crippen molar-refractivity contribution in [1.82, 2.24) is 15.1 Å². The third-order valence-corrected chi connectivity index (χ3v) is 5.87. The molecule has 0 radical (unpaired) electrons. The number of amides is 3. The molecule has 0 atom stereocenters. The Labute approximate surface area is 201 Å². The minimum Gasteiger partial charge on any atom is -0.352 e. The molecule has 1 aliphatic heterocycles. The molecule has 3 N–H and O–H groups in total. The molecular formula is C26H35N5O3. The van der Waals surface area contributed by atoms with Crippen LogP contribution < -0.4 is 16.0 Å². The standard InChI is InChI=1S/C26H35N5O3/c1-3-30(18-25(33)28-23-11-9-22(10-12-23)27-20(2)32)19-26(34)29-24-13-15-31(16-14-24)17-21-7-5-4-6-8-21/h4-12,24H,3,13-19H2,1-2H3,(H,27,32)(H,28,33)(H,29,34). The number of nitrogens with one attached hydrogen (secondary N) is 3. The van der Waals surface area contributed by atoms with Crippen LogP contribution in [0, 0.1) is 0 Å². The number of benzene rings is 2. The van der Waals surface area contributed by atoms with Crippen LogP contribution in [0.25, 0.3) is 0 Å². The average molecular weight is 466 g/mol. The van der Waals surface area contributed by atoms with Gasteiger partial charge in [0, 0.05) is 44.0 Å². The molecule has 2 aromatic rings. The fourth-order valence-corrected chi connectivity index (χ4v) is 4.08. The van der Waals surface area contributed by atoms with Crippen molar-refractivity contribution in [2.75, 3.05) is 43.4 Å². The Morgan fingerprint density at radius 2 is 1.47 bits per heavy atom. The predicted molar refractivity (Wildman–Crippen MR) is 134 cm³/mol. The predicted octanol–water partition coefficient (Wildman–Crippen LogP) is 2.69. The fraction of sp³-hybridized carbons (Fsp3) is 0.423. The Morgan fingerprint density at radius 1 is 0.882 bits per heavy atom. The molecule has 1 aliphatic rings. The van der Waals surface area contributed by atoms with Crippen LogP contribution >= 0.6 is 0 Å². The van der Waals surface area contributed by atoms with Gasteiger partial charge in [0.15, 0.2) is 0 Å². The van der Waals surface area contributed by atoms with Crippen LogP contribution in [0.5, 0.6) is 0 Å². The first-order valence-corrected chi connectivity index (χ1v) is 11.9. The maximum absolute atomic E-state index is 12.6. The number of hydrogen-bond acceptors (Lipinski definition) is 5. The number of likely N-dealkylation sites (N-methyl/N-ethyl adjacent to an activating group) is 1. The molecule has 1 heterocycles. The highest BCUT2D eigenvalue weighted by atomic mass is 16.2. The highest BCUT2D eigenvalue weighted by Crippen LogP contribution is 2.15. The molecule has 1 fully saturated rings. The highest BCUT2D eigenvalue weighted by Gasteiger charge is 2.22. The quantitative estimate of drug-likeness (QED) is 0.502. The monoisotopic (exact) mass is 465 g/mol. The molecule has 0 aromatic heterocycles. The van der Waals surface area contributed by atoms with Crippen molar-refractivity contribution in [3.8, 4) is 0 Å².